The average Bonchev–Trinajstić information content (AvgIpc) is 2.73. The molecule has 1 fully saturated rings. The molecule has 2 rings (SSSR count). The number of halogens is 1. The Kier molecular flexibility index (Phi) is 5.82. The summed E-state index contributed by atoms with van der Waals surface area (Å²) in [4.78, 5) is 12.1. The van der Waals surface area contributed by atoms with Crippen molar-refractivity contribution in [2.75, 3.05) is 13.1 Å². The van der Waals surface area contributed by atoms with Gasteiger partial charge in [0.25, 0.3) is 5.91 Å². The first kappa shape index (κ1) is 16.0. The molecule has 0 radical (unpaired) electrons. The molecular formula is C13H23ClN4O. The van der Waals surface area contributed by atoms with Gasteiger partial charge < -0.3 is 10.6 Å². The lowest BCUT2D eigenvalue weighted by atomic mass is 10.1. The first-order valence-corrected chi connectivity index (χ1v) is 6.63. The number of aromatic nitrogens is 2. The zero-order valence-electron chi connectivity index (χ0n) is 11.8. The quantitative estimate of drug-likeness (QED) is 0.884. The van der Waals surface area contributed by atoms with Crippen molar-refractivity contribution < 1.29 is 4.79 Å². The molecule has 1 aromatic heterocycles. The Bertz CT molecular complexity index is 424. The molecule has 6 heteroatoms. The molecule has 1 aliphatic rings. The van der Waals surface area contributed by atoms with E-state index in [4.69, 9.17) is 0 Å². The number of piperidine rings is 1. The molecule has 1 aliphatic heterocycles. The largest absolute Gasteiger partial charge is 0.347 e. The number of amides is 1. The third-order valence-corrected chi connectivity index (χ3v) is 3.37. The minimum absolute atomic E-state index is 0. The van der Waals surface area contributed by atoms with E-state index in [1.54, 1.807) is 4.68 Å². The van der Waals surface area contributed by atoms with E-state index in [-0.39, 0.29) is 24.4 Å². The molecule has 0 aromatic carbocycles. The molecule has 0 aliphatic carbocycles. The first-order valence-electron chi connectivity index (χ1n) is 6.63. The molecule has 0 saturated carbocycles. The van der Waals surface area contributed by atoms with E-state index in [1.807, 2.05) is 13.1 Å². The van der Waals surface area contributed by atoms with Crippen molar-refractivity contribution in [3.8, 4) is 0 Å². The van der Waals surface area contributed by atoms with Crippen molar-refractivity contribution in [3.63, 3.8) is 0 Å². The van der Waals surface area contributed by atoms with Crippen LogP contribution in [0.25, 0.3) is 0 Å². The smallest absolute Gasteiger partial charge is 0.272 e. The van der Waals surface area contributed by atoms with E-state index in [0.29, 0.717) is 11.6 Å². The highest BCUT2D eigenvalue weighted by atomic mass is 35.5. The van der Waals surface area contributed by atoms with E-state index in [0.717, 1.165) is 31.6 Å². The molecule has 108 valence electrons. The second-order valence-electron chi connectivity index (χ2n) is 5.25. The van der Waals surface area contributed by atoms with Gasteiger partial charge in [0.2, 0.25) is 0 Å². The van der Waals surface area contributed by atoms with Crippen molar-refractivity contribution in [1.82, 2.24) is 20.4 Å². The van der Waals surface area contributed by atoms with Gasteiger partial charge in [0, 0.05) is 25.3 Å². The average molecular weight is 287 g/mol. The minimum Gasteiger partial charge on any atom is -0.347 e. The van der Waals surface area contributed by atoms with Crippen LogP contribution in [-0.2, 0) is 7.05 Å². The second kappa shape index (κ2) is 6.91. The van der Waals surface area contributed by atoms with Gasteiger partial charge in [-0.1, -0.05) is 13.8 Å². The second-order valence-corrected chi connectivity index (χ2v) is 5.25. The van der Waals surface area contributed by atoms with Crippen LogP contribution in [-0.4, -0.2) is 34.8 Å². The van der Waals surface area contributed by atoms with Gasteiger partial charge in [-0.3, -0.25) is 9.48 Å². The predicted molar refractivity (Wildman–Crippen MR) is 77.9 cm³/mol. The van der Waals surface area contributed by atoms with Gasteiger partial charge in [0.05, 0.1) is 0 Å². The minimum atomic E-state index is -0.0637. The lowest BCUT2D eigenvalue weighted by Gasteiger charge is -2.23. The molecule has 5 nitrogen and oxygen atoms in total. The summed E-state index contributed by atoms with van der Waals surface area (Å²) >= 11 is 0. The maximum absolute atomic E-state index is 12.1. The highest BCUT2D eigenvalue weighted by Gasteiger charge is 2.19. The van der Waals surface area contributed by atoms with Crippen LogP contribution < -0.4 is 10.6 Å². The van der Waals surface area contributed by atoms with Crippen LogP contribution in [0.1, 0.15) is 48.8 Å². The Labute approximate surface area is 120 Å². The summed E-state index contributed by atoms with van der Waals surface area (Å²) in [7, 11) is 1.88. The lowest BCUT2D eigenvalue weighted by molar-refractivity contribution is 0.0925. The molecule has 0 spiro atoms. The van der Waals surface area contributed by atoms with Crippen LogP contribution in [0.4, 0.5) is 0 Å². The number of rotatable bonds is 3. The highest BCUT2D eigenvalue weighted by Crippen LogP contribution is 2.14. The summed E-state index contributed by atoms with van der Waals surface area (Å²) in [5.74, 6) is 0.312. The van der Waals surface area contributed by atoms with Gasteiger partial charge in [-0.2, -0.15) is 5.10 Å². The van der Waals surface area contributed by atoms with Crippen LogP contribution in [0.3, 0.4) is 0 Å². The van der Waals surface area contributed by atoms with E-state index < -0.39 is 0 Å². The third kappa shape index (κ3) is 3.94. The molecule has 2 heterocycles. The number of nitrogens with zero attached hydrogens (tertiary/aromatic N) is 2. The Morgan fingerprint density at radius 3 is 2.84 bits per heavy atom. The number of nitrogens with one attached hydrogen (secondary N) is 2. The van der Waals surface area contributed by atoms with Crippen LogP contribution in [0, 0.1) is 0 Å². The molecule has 1 atom stereocenters. The third-order valence-electron chi connectivity index (χ3n) is 3.37. The highest BCUT2D eigenvalue weighted by molar-refractivity contribution is 5.92. The summed E-state index contributed by atoms with van der Waals surface area (Å²) < 4.78 is 1.79. The van der Waals surface area contributed by atoms with Gasteiger partial charge in [0.1, 0.15) is 5.69 Å². The van der Waals surface area contributed by atoms with E-state index in [9.17, 15) is 4.79 Å². The van der Waals surface area contributed by atoms with Crippen LogP contribution in [0.2, 0.25) is 0 Å². The topological polar surface area (TPSA) is 59.0 Å². The van der Waals surface area contributed by atoms with E-state index in [1.165, 1.54) is 0 Å². The van der Waals surface area contributed by atoms with Crippen molar-refractivity contribution in [2.45, 2.75) is 38.6 Å². The van der Waals surface area contributed by atoms with Crippen molar-refractivity contribution in [3.05, 3.63) is 17.5 Å². The van der Waals surface area contributed by atoms with Gasteiger partial charge in [-0.05, 0) is 31.4 Å². The Morgan fingerprint density at radius 1 is 1.58 bits per heavy atom. The number of hydrogen-bond donors (Lipinski definition) is 2. The van der Waals surface area contributed by atoms with Crippen LogP contribution in [0.15, 0.2) is 6.07 Å². The Balaban J connectivity index is 0.00000180. The lowest BCUT2D eigenvalue weighted by Crippen LogP contribution is -2.45. The number of aryl methyl sites for hydroxylation is 1. The maximum atomic E-state index is 12.1. The zero-order chi connectivity index (χ0) is 13.1. The molecule has 1 saturated heterocycles. The molecule has 2 N–H and O–H groups in total. The van der Waals surface area contributed by atoms with E-state index >= 15 is 0 Å². The van der Waals surface area contributed by atoms with Crippen molar-refractivity contribution >= 4 is 18.3 Å². The summed E-state index contributed by atoms with van der Waals surface area (Å²) in [5, 5.41) is 10.6. The van der Waals surface area contributed by atoms with E-state index in [2.05, 4.69) is 29.6 Å². The summed E-state index contributed by atoms with van der Waals surface area (Å²) in [6, 6.07) is 2.12. The first-order chi connectivity index (χ1) is 8.58. The zero-order valence-corrected chi connectivity index (χ0v) is 12.6. The molecule has 1 amide bonds. The van der Waals surface area contributed by atoms with Gasteiger partial charge >= 0.3 is 0 Å². The number of carbonyl (C=O) groups excluding carboxylic acids is 1. The van der Waals surface area contributed by atoms with Crippen molar-refractivity contribution in [2.24, 2.45) is 7.05 Å². The van der Waals surface area contributed by atoms with Gasteiger partial charge in [-0.25, -0.2) is 0 Å². The SMILES string of the molecule is CC(C)c1cc(C(=O)N[C@H]2CCCNC2)nn1C.Cl. The fraction of sp³-hybridized carbons (Fsp3) is 0.692. The maximum Gasteiger partial charge on any atom is 0.272 e. The molecule has 0 unspecified atom stereocenters. The fourth-order valence-electron chi connectivity index (χ4n) is 2.37. The Hall–Kier alpha value is -1.07. The normalized spacial score (nSPS) is 19.1. The van der Waals surface area contributed by atoms with Gasteiger partial charge in [0.15, 0.2) is 0 Å². The molecule has 1 aromatic rings. The predicted octanol–water partition coefficient (Wildman–Crippen LogP) is 1.45. The summed E-state index contributed by atoms with van der Waals surface area (Å²) in [6.45, 7) is 6.11. The standard InChI is InChI=1S/C13H22N4O.ClH/c1-9(2)12-7-11(16-17(12)3)13(18)15-10-5-4-6-14-8-10;/h7,9-10,14H,4-6,8H2,1-3H3,(H,15,18);1H/t10-;/m0./s1. The van der Waals surface area contributed by atoms with Crippen LogP contribution >= 0.6 is 12.4 Å². The molecular weight excluding hydrogens is 264 g/mol. The molecule has 0 bridgehead atoms. The molecule has 19 heavy (non-hydrogen) atoms. The number of carbonyl (C=O) groups is 1. The van der Waals surface area contributed by atoms with Crippen molar-refractivity contribution in [1.29, 1.82) is 0 Å². The monoisotopic (exact) mass is 286 g/mol. The summed E-state index contributed by atoms with van der Waals surface area (Å²) in [5.41, 5.74) is 1.61. The summed E-state index contributed by atoms with van der Waals surface area (Å²) in [6.07, 6.45) is 2.16. The van der Waals surface area contributed by atoms with Crippen LogP contribution in [0.5, 0.6) is 0 Å². The van der Waals surface area contributed by atoms with Gasteiger partial charge in [-0.15, -0.1) is 12.4 Å². The Morgan fingerprint density at radius 2 is 2.32 bits per heavy atom. The fourth-order valence-corrected chi connectivity index (χ4v) is 2.37. The number of hydrogen-bond acceptors (Lipinski definition) is 3.